The zero-order valence-electron chi connectivity index (χ0n) is 14.8. The summed E-state index contributed by atoms with van der Waals surface area (Å²) in [6.07, 6.45) is 4.96. The molecule has 128 valence electrons. The number of ether oxygens (including phenoxy) is 1. The summed E-state index contributed by atoms with van der Waals surface area (Å²) in [6, 6.07) is 8.57. The zero-order valence-corrected chi connectivity index (χ0v) is 14.8. The predicted octanol–water partition coefficient (Wildman–Crippen LogP) is 4.70. The minimum Gasteiger partial charge on any atom is -0.444 e. The Labute approximate surface area is 140 Å². The van der Waals surface area contributed by atoms with E-state index in [2.05, 4.69) is 23.6 Å². The van der Waals surface area contributed by atoms with Gasteiger partial charge >= 0.3 is 6.09 Å². The minimum absolute atomic E-state index is 0.380. The molecule has 1 saturated carbocycles. The molecule has 0 heterocycles. The van der Waals surface area contributed by atoms with Gasteiger partial charge in [0.2, 0.25) is 0 Å². The Balaban J connectivity index is 1.87. The van der Waals surface area contributed by atoms with Crippen LogP contribution in [-0.2, 0) is 11.3 Å². The molecule has 1 unspecified atom stereocenters. The number of anilines is 1. The highest BCUT2D eigenvalue weighted by molar-refractivity contribution is 5.68. The van der Waals surface area contributed by atoms with Gasteiger partial charge in [-0.1, -0.05) is 37.5 Å². The Morgan fingerprint density at radius 2 is 2.00 bits per heavy atom. The van der Waals surface area contributed by atoms with Crippen LogP contribution in [0.15, 0.2) is 24.3 Å². The number of nitrogens with one attached hydrogen (secondary N) is 2. The molecule has 1 aromatic rings. The third-order valence-corrected chi connectivity index (χ3v) is 4.15. The van der Waals surface area contributed by atoms with Crippen LogP contribution in [0, 0.1) is 5.92 Å². The molecule has 1 amide bonds. The largest absolute Gasteiger partial charge is 0.444 e. The maximum Gasteiger partial charge on any atom is 0.407 e. The second-order valence-electron chi connectivity index (χ2n) is 7.59. The van der Waals surface area contributed by atoms with Crippen molar-refractivity contribution in [2.75, 3.05) is 5.32 Å². The first-order chi connectivity index (χ1) is 10.8. The SMILES string of the molecule is CC(CC1CCC1)Nc1ccccc1CNC(=O)OC(C)(C)C. The average molecular weight is 318 g/mol. The molecule has 0 radical (unpaired) electrons. The lowest BCUT2D eigenvalue weighted by Gasteiger charge is -2.29. The smallest absolute Gasteiger partial charge is 0.407 e. The fourth-order valence-electron chi connectivity index (χ4n) is 2.85. The first-order valence-corrected chi connectivity index (χ1v) is 8.65. The highest BCUT2D eigenvalue weighted by atomic mass is 16.6. The van der Waals surface area contributed by atoms with Crippen molar-refractivity contribution in [3.05, 3.63) is 29.8 Å². The maximum absolute atomic E-state index is 11.8. The summed E-state index contributed by atoms with van der Waals surface area (Å²) in [5.41, 5.74) is 1.70. The van der Waals surface area contributed by atoms with Crippen LogP contribution in [0.2, 0.25) is 0 Å². The summed E-state index contributed by atoms with van der Waals surface area (Å²) >= 11 is 0. The molecule has 0 aromatic heterocycles. The average Bonchev–Trinajstić information content (AvgIpc) is 2.40. The fourth-order valence-corrected chi connectivity index (χ4v) is 2.85. The first-order valence-electron chi connectivity index (χ1n) is 8.65. The molecule has 0 aliphatic heterocycles. The van der Waals surface area contributed by atoms with Crippen molar-refractivity contribution in [2.45, 2.75) is 71.6 Å². The van der Waals surface area contributed by atoms with Crippen LogP contribution in [0.1, 0.15) is 58.9 Å². The van der Waals surface area contributed by atoms with Gasteiger partial charge in [-0.25, -0.2) is 4.79 Å². The number of hydrogen-bond donors (Lipinski definition) is 2. The first kappa shape index (κ1) is 17.6. The zero-order chi connectivity index (χ0) is 16.9. The monoisotopic (exact) mass is 318 g/mol. The van der Waals surface area contributed by atoms with Crippen LogP contribution in [0.25, 0.3) is 0 Å². The molecule has 2 N–H and O–H groups in total. The quantitative estimate of drug-likeness (QED) is 0.799. The molecule has 1 atom stereocenters. The standard InChI is InChI=1S/C19H30N2O2/c1-14(12-15-8-7-9-15)21-17-11-6-5-10-16(17)13-20-18(22)23-19(2,3)4/h5-6,10-11,14-15,21H,7-9,12-13H2,1-4H3,(H,20,22). The van der Waals surface area contributed by atoms with Gasteiger partial charge < -0.3 is 15.4 Å². The molecule has 4 nitrogen and oxygen atoms in total. The van der Waals surface area contributed by atoms with Crippen molar-refractivity contribution in [1.82, 2.24) is 5.32 Å². The number of benzene rings is 1. The van der Waals surface area contributed by atoms with Gasteiger partial charge in [0.1, 0.15) is 5.60 Å². The molecular weight excluding hydrogens is 288 g/mol. The Bertz CT molecular complexity index is 518. The number of carbonyl (C=O) groups excluding carboxylic acids is 1. The van der Waals surface area contributed by atoms with E-state index in [1.807, 2.05) is 39.0 Å². The highest BCUT2D eigenvalue weighted by Crippen LogP contribution is 2.31. The highest BCUT2D eigenvalue weighted by Gasteiger charge is 2.20. The van der Waals surface area contributed by atoms with Gasteiger partial charge in [0.05, 0.1) is 0 Å². The number of carbonyl (C=O) groups is 1. The Morgan fingerprint density at radius 3 is 2.61 bits per heavy atom. The number of rotatable bonds is 6. The van der Waals surface area contributed by atoms with Crippen LogP contribution in [0.4, 0.5) is 10.5 Å². The van der Waals surface area contributed by atoms with Crippen molar-refractivity contribution in [3.8, 4) is 0 Å². The molecule has 4 heteroatoms. The number of hydrogen-bond acceptors (Lipinski definition) is 3. The van der Waals surface area contributed by atoms with E-state index in [1.54, 1.807) is 0 Å². The number of amides is 1. The molecule has 0 spiro atoms. The summed E-state index contributed by atoms with van der Waals surface area (Å²) in [5, 5.41) is 6.42. The lowest BCUT2D eigenvalue weighted by molar-refractivity contribution is 0.0523. The fraction of sp³-hybridized carbons (Fsp3) is 0.632. The molecule has 1 aromatic carbocycles. The van der Waals surface area contributed by atoms with Crippen molar-refractivity contribution >= 4 is 11.8 Å². The Morgan fingerprint density at radius 1 is 1.30 bits per heavy atom. The van der Waals surface area contributed by atoms with Crippen molar-refractivity contribution < 1.29 is 9.53 Å². The lowest BCUT2D eigenvalue weighted by atomic mass is 9.81. The van der Waals surface area contributed by atoms with Gasteiger partial charge in [-0.3, -0.25) is 0 Å². The van der Waals surface area contributed by atoms with Crippen LogP contribution >= 0.6 is 0 Å². The second kappa shape index (κ2) is 7.71. The third kappa shape index (κ3) is 6.12. The van der Waals surface area contributed by atoms with E-state index in [9.17, 15) is 4.79 Å². The Hall–Kier alpha value is -1.71. The van der Waals surface area contributed by atoms with Gasteiger partial charge in [0.25, 0.3) is 0 Å². The maximum atomic E-state index is 11.8. The molecule has 1 aliphatic rings. The minimum atomic E-state index is -0.473. The van der Waals surface area contributed by atoms with Crippen LogP contribution in [-0.4, -0.2) is 17.7 Å². The molecule has 1 fully saturated rings. The molecule has 23 heavy (non-hydrogen) atoms. The molecular formula is C19H30N2O2. The van der Waals surface area contributed by atoms with Gasteiger partial charge in [-0.2, -0.15) is 0 Å². The predicted molar refractivity (Wildman–Crippen MR) is 94.6 cm³/mol. The second-order valence-corrected chi connectivity index (χ2v) is 7.59. The van der Waals surface area contributed by atoms with Crippen LogP contribution in [0.5, 0.6) is 0 Å². The topological polar surface area (TPSA) is 50.4 Å². The van der Waals surface area contributed by atoms with Gasteiger partial charge in [0, 0.05) is 18.3 Å². The van der Waals surface area contributed by atoms with E-state index < -0.39 is 5.60 Å². The van der Waals surface area contributed by atoms with Crippen molar-refractivity contribution in [2.24, 2.45) is 5.92 Å². The summed E-state index contributed by atoms with van der Waals surface area (Å²) in [7, 11) is 0. The summed E-state index contributed by atoms with van der Waals surface area (Å²) < 4.78 is 5.28. The van der Waals surface area contributed by atoms with E-state index in [4.69, 9.17) is 4.74 Å². The normalized spacial score (nSPS) is 16.3. The van der Waals surface area contributed by atoms with E-state index in [1.165, 1.54) is 25.7 Å². The van der Waals surface area contributed by atoms with Gasteiger partial charge in [0.15, 0.2) is 0 Å². The number of alkyl carbamates (subject to hydrolysis) is 1. The summed E-state index contributed by atoms with van der Waals surface area (Å²) in [5.74, 6) is 0.879. The summed E-state index contributed by atoms with van der Waals surface area (Å²) in [4.78, 5) is 11.8. The van der Waals surface area contributed by atoms with Gasteiger partial charge in [-0.15, -0.1) is 0 Å². The molecule has 2 rings (SSSR count). The van der Waals surface area contributed by atoms with Gasteiger partial charge in [-0.05, 0) is 51.7 Å². The van der Waals surface area contributed by atoms with Crippen LogP contribution in [0.3, 0.4) is 0 Å². The lowest BCUT2D eigenvalue weighted by Crippen LogP contribution is -2.32. The van der Waals surface area contributed by atoms with E-state index in [-0.39, 0.29) is 6.09 Å². The van der Waals surface area contributed by atoms with E-state index in [0.29, 0.717) is 12.6 Å². The van der Waals surface area contributed by atoms with E-state index in [0.717, 1.165) is 17.2 Å². The molecule has 1 aliphatic carbocycles. The molecule has 0 saturated heterocycles. The summed E-state index contributed by atoms with van der Waals surface area (Å²) in [6.45, 7) is 8.29. The third-order valence-electron chi connectivity index (χ3n) is 4.15. The van der Waals surface area contributed by atoms with Crippen molar-refractivity contribution in [1.29, 1.82) is 0 Å². The Kier molecular flexibility index (Phi) is 5.91. The number of para-hydroxylation sites is 1. The van der Waals surface area contributed by atoms with Crippen molar-refractivity contribution in [3.63, 3.8) is 0 Å². The van der Waals surface area contributed by atoms with E-state index >= 15 is 0 Å². The molecule has 0 bridgehead atoms. The van der Waals surface area contributed by atoms with Crippen LogP contribution < -0.4 is 10.6 Å².